The van der Waals surface area contributed by atoms with Gasteiger partial charge < -0.3 is 4.74 Å². The van der Waals surface area contributed by atoms with E-state index in [1.54, 1.807) is 12.1 Å². The molecule has 142 valence electrons. The number of sulfonamides is 1. The second-order valence-electron chi connectivity index (χ2n) is 6.77. The fourth-order valence-corrected chi connectivity index (χ4v) is 5.00. The van der Waals surface area contributed by atoms with Crippen LogP contribution >= 0.6 is 11.6 Å². The van der Waals surface area contributed by atoms with Crippen molar-refractivity contribution in [1.82, 2.24) is 4.31 Å². The summed E-state index contributed by atoms with van der Waals surface area (Å²) in [5.41, 5.74) is 0. The number of rotatable bonds is 4. The number of carbonyl (C=O) groups excluding carboxylic acids is 2. The zero-order chi connectivity index (χ0) is 18.7. The zero-order valence-corrected chi connectivity index (χ0v) is 16.0. The van der Waals surface area contributed by atoms with E-state index in [1.165, 1.54) is 16.4 Å². The minimum absolute atomic E-state index is 0.00708. The van der Waals surface area contributed by atoms with E-state index in [2.05, 4.69) is 0 Å². The van der Waals surface area contributed by atoms with Crippen molar-refractivity contribution in [2.24, 2.45) is 5.92 Å². The van der Waals surface area contributed by atoms with Crippen molar-refractivity contribution < 1.29 is 22.7 Å². The fraction of sp³-hybridized carbons (Fsp3) is 0.556. The van der Waals surface area contributed by atoms with Gasteiger partial charge in [-0.3, -0.25) is 9.59 Å². The Balaban J connectivity index is 1.57. The van der Waals surface area contributed by atoms with Crippen LogP contribution in [0.2, 0.25) is 5.02 Å². The molecule has 2 fully saturated rings. The summed E-state index contributed by atoms with van der Waals surface area (Å²) >= 11 is 5.81. The number of carbonyl (C=O) groups is 2. The minimum atomic E-state index is -3.60. The van der Waals surface area contributed by atoms with Crippen LogP contribution in [-0.4, -0.2) is 43.7 Å². The quantitative estimate of drug-likeness (QED) is 0.727. The smallest absolute Gasteiger partial charge is 0.309 e. The van der Waals surface area contributed by atoms with Crippen LogP contribution in [0.3, 0.4) is 0 Å². The van der Waals surface area contributed by atoms with Crippen molar-refractivity contribution in [3.8, 4) is 0 Å². The molecule has 0 amide bonds. The van der Waals surface area contributed by atoms with Crippen molar-refractivity contribution in [2.45, 2.75) is 49.5 Å². The van der Waals surface area contributed by atoms with Crippen LogP contribution in [0.5, 0.6) is 0 Å². The number of piperidine rings is 1. The molecule has 2 aliphatic rings. The summed E-state index contributed by atoms with van der Waals surface area (Å²) in [6.07, 6.45) is 2.98. The van der Waals surface area contributed by atoms with Gasteiger partial charge in [-0.15, -0.1) is 0 Å². The average molecular weight is 400 g/mol. The third-order valence-corrected chi connectivity index (χ3v) is 7.16. The highest BCUT2D eigenvalue weighted by atomic mass is 35.5. The lowest BCUT2D eigenvalue weighted by molar-refractivity contribution is -0.161. The lowest BCUT2D eigenvalue weighted by Gasteiger charge is -2.31. The molecule has 0 radical (unpaired) electrons. The molecule has 0 aromatic heterocycles. The number of hydrogen-bond acceptors (Lipinski definition) is 5. The van der Waals surface area contributed by atoms with E-state index in [0.29, 0.717) is 30.7 Å². The monoisotopic (exact) mass is 399 g/mol. The summed E-state index contributed by atoms with van der Waals surface area (Å²) in [5.74, 6) is -0.748. The van der Waals surface area contributed by atoms with Gasteiger partial charge in [0.05, 0.1) is 10.8 Å². The highest BCUT2D eigenvalue weighted by Gasteiger charge is 2.35. The highest BCUT2D eigenvalue weighted by molar-refractivity contribution is 7.89. The highest BCUT2D eigenvalue weighted by Crippen LogP contribution is 2.27. The molecule has 0 spiro atoms. The van der Waals surface area contributed by atoms with Gasteiger partial charge in [-0.1, -0.05) is 11.6 Å². The van der Waals surface area contributed by atoms with Gasteiger partial charge in [-0.05, 0) is 56.4 Å². The Morgan fingerprint density at radius 3 is 2.35 bits per heavy atom. The van der Waals surface area contributed by atoms with Crippen LogP contribution in [0.15, 0.2) is 29.2 Å². The first kappa shape index (κ1) is 19.3. The Morgan fingerprint density at radius 2 is 1.73 bits per heavy atom. The Morgan fingerprint density at radius 1 is 1.08 bits per heavy atom. The Kier molecular flexibility index (Phi) is 5.99. The molecule has 8 heteroatoms. The fourth-order valence-electron chi connectivity index (χ4n) is 3.40. The summed E-state index contributed by atoms with van der Waals surface area (Å²) in [7, 11) is -3.60. The van der Waals surface area contributed by atoms with E-state index in [4.69, 9.17) is 16.3 Å². The van der Waals surface area contributed by atoms with Crippen LogP contribution in [0.25, 0.3) is 0 Å². The largest absolute Gasteiger partial charge is 0.454 e. The van der Waals surface area contributed by atoms with E-state index in [9.17, 15) is 18.0 Å². The van der Waals surface area contributed by atoms with Crippen molar-refractivity contribution >= 4 is 33.4 Å². The number of esters is 1. The summed E-state index contributed by atoms with van der Waals surface area (Å²) in [5, 5.41) is 0.475. The topological polar surface area (TPSA) is 80.8 Å². The van der Waals surface area contributed by atoms with E-state index in [0.717, 1.165) is 12.8 Å². The van der Waals surface area contributed by atoms with Gasteiger partial charge in [-0.2, -0.15) is 4.31 Å². The molecule has 0 N–H and O–H groups in total. The molecule has 1 aromatic carbocycles. The Hall–Kier alpha value is -1.44. The molecule has 1 saturated heterocycles. The summed E-state index contributed by atoms with van der Waals surface area (Å²) in [4.78, 5) is 24.3. The zero-order valence-electron chi connectivity index (χ0n) is 14.4. The SMILES string of the molecule is O=C(O[C@H]1CCCCC1=O)C1CCN(S(=O)(=O)c2ccc(Cl)cc2)CC1. The second-order valence-corrected chi connectivity index (χ2v) is 9.14. The number of Topliss-reactive ketones (excluding diaryl/α,β-unsaturated/α-hetero) is 1. The van der Waals surface area contributed by atoms with Crippen LogP contribution in [0.4, 0.5) is 0 Å². The lowest BCUT2D eigenvalue weighted by Crippen LogP contribution is -2.41. The van der Waals surface area contributed by atoms with Gasteiger partial charge in [0.2, 0.25) is 10.0 Å². The standard InChI is InChI=1S/C18H22ClNO5S/c19-14-5-7-15(8-6-14)26(23,24)20-11-9-13(10-12-20)18(22)25-17-4-2-1-3-16(17)21/h5-8,13,17H,1-4,9-12H2/t17-/m0/s1. The predicted octanol–water partition coefficient (Wildman–Crippen LogP) is 2.80. The first-order valence-corrected chi connectivity index (χ1v) is 10.7. The lowest BCUT2D eigenvalue weighted by atomic mass is 9.95. The summed E-state index contributed by atoms with van der Waals surface area (Å²) in [6.45, 7) is 0.507. The van der Waals surface area contributed by atoms with Gasteiger partial charge in [0.25, 0.3) is 0 Å². The molecule has 1 aliphatic heterocycles. The normalized spacial score (nSPS) is 23.0. The molecule has 1 heterocycles. The molecule has 1 aliphatic carbocycles. The number of ether oxygens (including phenoxy) is 1. The predicted molar refractivity (Wildman–Crippen MR) is 96.3 cm³/mol. The first-order valence-electron chi connectivity index (χ1n) is 8.87. The third-order valence-electron chi connectivity index (χ3n) is 5.00. The Labute approximate surface area is 158 Å². The molecular weight excluding hydrogens is 378 g/mol. The van der Waals surface area contributed by atoms with Gasteiger partial charge >= 0.3 is 5.97 Å². The van der Waals surface area contributed by atoms with E-state index in [1.807, 2.05) is 0 Å². The molecule has 3 rings (SSSR count). The van der Waals surface area contributed by atoms with E-state index >= 15 is 0 Å². The van der Waals surface area contributed by atoms with Crippen LogP contribution in [0, 0.1) is 5.92 Å². The molecule has 1 atom stereocenters. The van der Waals surface area contributed by atoms with Crippen molar-refractivity contribution in [3.63, 3.8) is 0 Å². The maximum Gasteiger partial charge on any atom is 0.309 e. The van der Waals surface area contributed by atoms with Crippen LogP contribution in [0.1, 0.15) is 38.5 Å². The molecular formula is C18H22ClNO5S. The molecule has 0 bridgehead atoms. The van der Waals surface area contributed by atoms with Crippen molar-refractivity contribution in [2.75, 3.05) is 13.1 Å². The second kappa shape index (κ2) is 8.06. The number of benzene rings is 1. The summed E-state index contributed by atoms with van der Waals surface area (Å²) < 4.78 is 32.1. The summed E-state index contributed by atoms with van der Waals surface area (Å²) in [6, 6.07) is 6.04. The first-order chi connectivity index (χ1) is 12.4. The number of halogens is 1. The van der Waals surface area contributed by atoms with Gasteiger partial charge in [0, 0.05) is 24.5 Å². The molecule has 6 nitrogen and oxygen atoms in total. The van der Waals surface area contributed by atoms with E-state index < -0.39 is 16.1 Å². The minimum Gasteiger partial charge on any atom is -0.454 e. The van der Waals surface area contributed by atoms with Gasteiger partial charge in [-0.25, -0.2) is 8.42 Å². The average Bonchev–Trinajstić information content (AvgIpc) is 2.64. The number of nitrogens with zero attached hydrogens (tertiary/aromatic N) is 1. The van der Waals surface area contributed by atoms with Crippen LogP contribution in [-0.2, 0) is 24.3 Å². The van der Waals surface area contributed by atoms with Crippen LogP contribution < -0.4 is 0 Å². The molecule has 0 unspecified atom stereocenters. The van der Waals surface area contributed by atoms with E-state index in [-0.39, 0.29) is 35.7 Å². The molecule has 1 saturated carbocycles. The van der Waals surface area contributed by atoms with Crippen molar-refractivity contribution in [3.05, 3.63) is 29.3 Å². The molecule has 26 heavy (non-hydrogen) atoms. The van der Waals surface area contributed by atoms with Gasteiger partial charge in [0.15, 0.2) is 11.9 Å². The number of hydrogen-bond donors (Lipinski definition) is 0. The maximum absolute atomic E-state index is 12.7. The third kappa shape index (κ3) is 4.27. The maximum atomic E-state index is 12.7. The Bertz CT molecular complexity index is 769. The molecule has 1 aromatic rings. The van der Waals surface area contributed by atoms with Crippen molar-refractivity contribution in [1.29, 1.82) is 0 Å². The number of ketones is 1. The van der Waals surface area contributed by atoms with Gasteiger partial charge in [0.1, 0.15) is 0 Å².